The summed E-state index contributed by atoms with van der Waals surface area (Å²) in [4.78, 5) is 11.0. The van der Waals surface area contributed by atoms with Gasteiger partial charge < -0.3 is 15.2 Å². The molecule has 1 atom stereocenters. The molecule has 1 rings (SSSR count). The maximum atomic E-state index is 11.0. The predicted octanol–water partition coefficient (Wildman–Crippen LogP) is 1.99. The highest BCUT2D eigenvalue weighted by molar-refractivity contribution is 7.98. The standard InChI is InChI=1S/C13H19NO3S/c1-17-11-5-3-10(4-6-11)9-14-12(13(15)16)7-8-18-2/h3-6,12,14H,7-9H2,1-2H3,(H,15,16)/t12-/m0/s1. The maximum absolute atomic E-state index is 11.0. The highest BCUT2D eigenvalue weighted by atomic mass is 32.2. The summed E-state index contributed by atoms with van der Waals surface area (Å²) in [6.45, 7) is 0.551. The molecule has 0 saturated heterocycles. The normalized spacial score (nSPS) is 12.1. The van der Waals surface area contributed by atoms with Gasteiger partial charge in [0, 0.05) is 6.54 Å². The zero-order chi connectivity index (χ0) is 13.4. The first-order chi connectivity index (χ1) is 8.67. The van der Waals surface area contributed by atoms with Gasteiger partial charge in [0.25, 0.3) is 0 Å². The summed E-state index contributed by atoms with van der Waals surface area (Å²) in [6.07, 6.45) is 2.61. The molecule has 1 aromatic rings. The topological polar surface area (TPSA) is 58.6 Å². The van der Waals surface area contributed by atoms with Crippen LogP contribution in [-0.4, -0.2) is 36.2 Å². The number of nitrogens with one attached hydrogen (secondary N) is 1. The Morgan fingerprint density at radius 2 is 2.11 bits per heavy atom. The lowest BCUT2D eigenvalue weighted by Crippen LogP contribution is -2.36. The summed E-state index contributed by atoms with van der Waals surface area (Å²) in [5.74, 6) is 0.848. The molecule has 0 unspecified atom stereocenters. The second-order valence-electron chi connectivity index (χ2n) is 3.90. The first-order valence-electron chi connectivity index (χ1n) is 5.75. The van der Waals surface area contributed by atoms with Gasteiger partial charge in [0.15, 0.2) is 0 Å². The Bertz CT molecular complexity index is 367. The lowest BCUT2D eigenvalue weighted by atomic mass is 10.2. The third-order valence-electron chi connectivity index (χ3n) is 2.62. The number of rotatable bonds is 8. The van der Waals surface area contributed by atoms with Gasteiger partial charge in [0.2, 0.25) is 0 Å². The molecular formula is C13H19NO3S. The van der Waals surface area contributed by atoms with Crippen LogP contribution in [0, 0.1) is 0 Å². The van der Waals surface area contributed by atoms with Crippen molar-refractivity contribution in [3.8, 4) is 5.75 Å². The van der Waals surface area contributed by atoms with Crippen molar-refractivity contribution in [2.24, 2.45) is 0 Å². The Labute approximate surface area is 112 Å². The molecule has 0 aliphatic heterocycles. The van der Waals surface area contributed by atoms with Crippen molar-refractivity contribution >= 4 is 17.7 Å². The Morgan fingerprint density at radius 3 is 2.61 bits per heavy atom. The highest BCUT2D eigenvalue weighted by Gasteiger charge is 2.15. The van der Waals surface area contributed by atoms with E-state index in [1.807, 2.05) is 30.5 Å². The van der Waals surface area contributed by atoms with Gasteiger partial charge in [0.05, 0.1) is 7.11 Å². The minimum Gasteiger partial charge on any atom is -0.497 e. The third-order valence-corrected chi connectivity index (χ3v) is 3.26. The summed E-state index contributed by atoms with van der Waals surface area (Å²) < 4.78 is 5.07. The Balaban J connectivity index is 2.47. The number of hydrogen-bond donors (Lipinski definition) is 2. The number of carbonyl (C=O) groups is 1. The lowest BCUT2D eigenvalue weighted by molar-refractivity contribution is -0.139. The number of hydrogen-bond acceptors (Lipinski definition) is 4. The van der Waals surface area contributed by atoms with Crippen molar-refractivity contribution in [1.82, 2.24) is 5.32 Å². The molecule has 0 aliphatic rings. The number of benzene rings is 1. The van der Waals surface area contributed by atoms with Gasteiger partial charge in [-0.2, -0.15) is 11.8 Å². The van der Waals surface area contributed by atoms with Crippen LogP contribution in [0.25, 0.3) is 0 Å². The largest absolute Gasteiger partial charge is 0.497 e. The van der Waals surface area contributed by atoms with E-state index in [-0.39, 0.29) is 0 Å². The van der Waals surface area contributed by atoms with Crippen molar-refractivity contribution in [2.45, 2.75) is 19.0 Å². The number of ether oxygens (including phenoxy) is 1. The van der Waals surface area contributed by atoms with Crippen LogP contribution in [0.15, 0.2) is 24.3 Å². The molecule has 2 N–H and O–H groups in total. The molecule has 18 heavy (non-hydrogen) atoms. The van der Waals surface area contributed by atoms with Gasteiger partial charge in [-0.3, -0.25) is 4.79 Å². The summed E-state index contributed by atoms with van der Waals surface area (Å²) >= 11 is 1.65. The van der Waals surface area contributed by atoms with Crippen LogP contribution >= 0.6 is 11.8 Å². The molecule has 0 radical (unpaired) electrons. The van der Waals surface area contributed by atoms with E-state index in [1.54, 1.807) is 18.9 Å². The van der Waals surface area contributed by atoms with E-state index in [1.165, 1.54) is 0 Å². The maximum Gasteiger partial charge on any atom is 0.320 e. The monoisotopic (exact) mass is 269 g/mol. The second-order valence-corrected chi connectivity index (χ2v) is 4.89. The fraction of sp³-hybridized carbons (Fsp3) is 0.462. The number of methoxy groups -OCH3 is 1. The predicted molar refractivity (Wildman–Crippen MR) is 74.3 cm³/mol. The molecule has 0 amide bonds. The molecule has 4 nitrogen and oxygen atoms in total. The first kappa shape index (κ1) is 14.9. The summed E-state index contributed by atoms with van der Waals surface area (Å²) in [5, 5.41) is 12.1. The van der Waals surface area contributed by atoms with Crippen LogP contribution in [0.3, 0.4) is 0 Å². The van der Waals surface area contributed by atoms with Gasteiger partial charge >= 0.3 is 5.97 Å². The van der Waals surface area contributed by atoms with E-state index in [4.69, 9.17) is 9.84 Å². The first-order valence-corrected chi connectivity index (χ1v) is 7.14. The Hall–Kier alpha value is -1.20. The molecule has 5 heteroatoms. The van der Waals surface area contributed by atoms with Crippen molar-refractivity contribution in [3.63, 3.8) is 0 Å². The zero-order valence-electron chi connectivity index (χ0n) is 10.7. The molecule has 1 aromatic carbocycles. The molecule has 0 heterocycles. The number of carboxylic acid groups (broad SMARTS) is 1. The van der Waals surface area contributed by atoms with Crippen LogP contribution in [0.4, 0.5) is 0 Å². The van der Waals surface area contributed by atoms with Gasteiger partial charge in [-0.1, -0.05) is 12.1 Å². The fourth-order valence-corrected chi connectivity index (χ4v) is 2.00. The smallest absolute Gasteiger partial charge is 0.320 e. The van der Waals surface area contributed by atoms with E-state index in [0.717, 1.165) is 17.1 Å². The Morgan fingerprint density at radius 1 is 1.44 bits per heavy atom. The van der Waals surface area contributed by atoms with Crippen LogP contribution in [0.1, 0.15) is 12.0 Å². The zero-order valence-corrected chi connectivity index (χ0v) is 11.5. The summed E-state index contributed by atoms with van der Waals surface area (Å²) in [7, 11) is 1.62. The molecule has 0 aromatic heterocycles. The minimum atomic E-state index is -0.794. The van der Waals surface area contributed by atoms with Crippen molar-refractivity contribution in [3.05, 3.63) is 29.8 Å². The van der Waals surface area contributed by atoms with Crippen molar-refractivity contribution in [2.75, 3.05) is 19.1 Å². The second kappa shape index (κ2) is 8.00. The lowest BCUT2D eigenvalue weighted by Gasteiger charge is -2.14. The number of aliphatic carboxylic acids is 1. The van der Waals surface area contributed by atoms with Crippen molar-refractivity contribution in [1.29, 1.82) is 0 Å². The van der Waals surface area contributed by atoms with Crippen LogP contribution in [0.2, 0.25) is 0 Å². The van der Waals surface area contributed by atoms with Gasteiger partial charge in [-0.05, 0) is 36.1 Å². The van der Waals surface area contributed by atoms with Gasteiger partial charge in [-0.25, -0.2) is 0 Å². The van der Waals surface area contributed by atoms with Crippen LogP contribution in [0.5, 0.6) is 5.75 Å². The average molecular weight is 269 g/mol. The summed E-state index contributed by atoms with van der Waals surface area (Å²) in [6, 6.07) is 7.11. The SMILES string of the molecule is COc1ccc(CN[C@@H](CCSC)C(=O)O)cc1. The van der Waals surface area contributed by atoms with E-state index in [9.17, 15) is 4.79 Å². The average Bonchev–Trinajstić information content (AvgIpc) is 2.39. The van der Waals surface area contributed by atoms with Crippen LogP contribution in [-0.2, 0) is 11.3 Å². The molecule has 0 fully saturated rings. The molecular weight excluding hydrogens is 250 g/mol. The van der Waals surface area contributed by atoms with E-state index in [0.29, 0.717) is 13.0 Å². The van der Waals surface area contributed by atoms with Crippen LogP contribution < -0.4 is 10.1 Å². The number of carboxylic acids is 1. The Kier molecular flexibility index (Phi) is 6.60. The minimum absolute atomic E-state index is 0.487. The van der Waals surface area contributed by atoms with Crippen molar-refractivity contribution < 1.29 is 14.6 Å². The summed E-state index contributed by atoms with van der Waals surface area (Å²) in [5.41, 5.74) is 1.05. The number of thioether (sulfide) groups is 1. The van der Waals surface area contributed by atoms with Gasteiger partial charge in [0.1, 0.15) is 11.8 Å². The molecule has 0 saturated carbocycles. The van der Waals surface area contributed by atoms with Gasteiger partial charge in [-0.15, -0.1) is 0 Å². The quantitative estimate of drug-likeness (QED) is 0.756. The molecule has 100 valence electrons. The molecule has 0 spiro atoms. The highest BCUT2D eigenvalue weighted by Crippen LogP contribution is 2.11. The fourth-order valence-electron chi connectivity index (χ4n) is 1.53. The van der Waals surface area contributed by atoms with E-state index >= 15 is 0 Å². The third kappa shape index (κ3) is 4.98. The van der Waals surface area contributed by atoms with E-state index < -0.39 is 12.0 Å². The van der Waals surface area contributed by atoms with E-state index in [2.05, 4.69) is 5.32 Å². The molecule has 0 aliphatic carbocycles. The molecule has 0 bridgehead atoms.